The summed E-state index contributed by atoms with van der Waals surface area (Å²) < 4.78 is 39.4. The number of aliphatic hydroxyl groups excluding tert-OH is 1. The van der Waals surface area contributed by atoms with E-state index in [1.165, 1.54) is 16.9 Å². The van der Waals surface area contributed by atoms with Gasteiger partial charge in [-0.1, -0.05) is 12.2 Å². The molecule has 31 heavy (non-hydrogen) atoms. The predicted octanol–water partition coefficient (Wildman–Crippen LogP) is 2.78. The molecule has 0 spiro atoms. The summed E-state index contributed by atoms with van der Waals surface area (Å²) in [6.45, 7) is 2.92. The van der Waals surface area contributed by atoms with E-state index in [0.717, 1.165) is 17.7 Å². The van der Waals surface area contributed by atoms with Gasteiger partial charge in [-0.3, -0.25) is 0 Å². The zero-order chi connectivity index (χ0) is 22.9. The summed E-state index contributed by atoms with van der Waals surface area (Å²) in [5.74, 6) is -2.30. The number of halogens is 2. The van der Waals surface area contributed by atoms with Crippen LogP contribution in [0.15, 0.2) is 35.4 Å². The highest BCUT2D eigenvalue weighted by Gasteiger charge is 2.50. The Kier molecular flexibility index (Phi) is 6.35. The van der Waals surface area contributed by atoms with E-state index in [1.54, 1.807) is 26.1 Å². The minimum Gasteiger partial charge on any atom is -0.491 e. The molecule has 1 fully saturated rings. The summed E-state index contributed by atoms with van der Waals surface area (Å²) in [6, 6.07) is 1.38. The number of carbonyl (C=O) groups is 2. The number of benzene rings is 1. The molecule has 1 saturated heterocycles. The number of nitrogens with zero attached hydrogens (tertiary/aromatic N) is 2. The molecule has 0 aromatic heterocycles. The predicted molar refractivity (Wildman–Crippen MR) is 108 cm³/mol. The van der Waals surface area contributed by atoms with Crippen molar-refractivity contribution >= 4 is 12.0 Å². The molecule has 0 bridgehead atoms. The molecule has 1 aromatic carbocycles. The number of hydrogen-bond acceptors (Lipinski definition) is 5. The SMILES string of the molecule is COC(=O)C1=CC=C2[C@H](C)N(C)C(=O)N(Cc3c(F)cc(OCCO)cc3F)C2(C)C1. The fourth-order valence-electron chi connectivity index (χ4n) is 4.17. The summed E-state index contributed by atoms with van der Waals surface area (Å²) in [7, 11) is 2.90. The zero-order valence-electron chi connectivity index (χ0n) is 17.9. The van der Waals surface area contributed by atoms with Crippen LogP contribution in [-0.2, 0) is 16.1 Å². The maximum atomic E-state index is 14.8. The molecular weight excluding hydrogens is 410 g/mol. The molecule has 1 unspecified atom stereocenters. The Morgan fingerprint density at radius 2 is 1.94 bits per heavy atom. The van der Waals surface area contributed by atoms with Crippen LogP contribution in [0.1, 0.15) is 25.8 Å². The molecule has 3 rings (SSSR count). The van der Waals surface area contributed by atoms with E-state index in [1.807, 2.05) is 6.92 Å². The number of carbonyl (C=O) groups excluding carboxylic acids is 2. The Hall–Kier alpha value is -2.94. The van der Waals surface area contributed by atoms with Crippen LogP contribution in [0.5, 0.6) is 5.75 Å². The zero-order valence-corrected chi connectivity index (χ0v) is 17.9. The van der Waals surface area contributed by atoms with Gasteiger partial charge in [0.05, 0.1) is 31.8 Å². The molecule has 1 aliphatic heterocycles. The number of methoxy groups -OCH3 is 1. The highest BCUT2D eigenvalue weighted by atomic mass is 19.1. The van der Waals surface area contributed by atoms with Gasteiger partial charge in [-0.2, -0.15) is 0 Å². The second-order valence-electron chi connectivity index (χ2n) is 7.85. The van der Waals surface area contributed by atoms with Crippen LogP contribution in [0.3, 0.4) is 0 Å². The van der Waals surface area contributed by atoms with E-state index in [-0.39, 0.29) is 43.5 Å². The van der Waals surface area contributed by atoms with Crippen molar-refractivity contribution in [2.24, 2.45) is 0 Å². The van der Waals surface area contributed by atoms with E-state index in [2.05, 4.69) is 0 Å². The van der Waals surface area contributed by atoms with Gasteiger partial charge in [0, 0.05) is 36.7 Å². The third-order valence-electron chi connectivity index (χ3n) is 6.02. The van der Waals surface area contributed by atoms with Gasteiger partial charge in [0.2, 0.25) is 0 Å². The Balaban J connectivity index is 2.00. The normalized spacial score (nSPS) is 23.2. The molecule has 2 amide bonds. The van der Waals surface area contributed by atoms with Gasteiger partial charge in [-0.05, 0) is 19.4 Å². The van der Waals surface area contributed by atoms with E-state index in [4.69, 9.17) is 14.6 Å². The largest absolute Gasteiger partial charge is 0.491 e. The highest BCUT2D eigenvalue weighted by Crippen LogP contribution is 2.43. The van der Waals surface area contributed by atoms with Crippen LogP contribution in [0.4, 0.5) is 13.6 Å². The lowest BCUT2D eigenvalue weighted by molar-refractivity contribution is -0.136. The quantitative estimate of drug-likeness (QED) is 0.694. The first kappa shape index (κ1) is 22.7. The Morgan fingerprint density at radius 3 is 2.52 bits per heavy atom. The van der Waals surface area contributed by atoms with Crippen LogP contribution in [0.2, 0.25) is 0 Å². The van der Waals surface area contributed by atoms with Crippen molar-refractivity contribution in [2.75, 3.05) is 27.4 Å². The number of likely N-dealkylation sites (N-methyl/N-ethyl adjacent to an activating group) is 1. The van der Waals surface area contributed by atoms with Crippen molar-refractivity contribution in [2.45, 2.75) is 38.4 Å². The maximum Gasteiger partial charge on any atom is 0.333 e. The molecule has 1 N–H and O–H groups in total. The van der Waals surface area contributed by atoms with Gasteiger partial charge in [0.25, 0.3) is 0 Å². The Labute approximate surface area is 179 Å². The number of allylic oxidation sites excluding steroid dienone is 2. The molecule has 1 heterocycles. The maximum absolute atomic E-state index is 14.8. The van der Waals surface area contributed by atoms with Crippen LogP contribution >= 0.6 is 0 Å². The van der Waals surface area contributed by atoms with Gasteiger partial charge >= 0.3 is 12.0 Å². The van der Waals surface area contributed by atoms with Crippen LogP contribution < -0.4 is 4.74 Å². The topological polar surface area (TPSA) is 79.3 Å². The van der Waals surface area contributed by atoms with E-state index < -0.39 is 29.2 Å². The third kappa shape index (κ3) is 4.01. The Bertz CT molecular complexity index is 938. The molecule has 2 atom stereocenters. The van der Waals surface area contributed by atoms with Crippen molar-refractivity contribution in [3.05, 3.63) is 52.6 Å². The van der Waals surface area contributed by atoms with Crippen molar-refractivity contribution < 1.29 is 33.0 Å². The molecule has 9 heteroatoms. The van der Waals surface area contributed by atoms with Crippen LogP contribution in [0, 0.1) is 11.6 Å². The number of urea groups is 1. The van der Waals surface area contributed by atoms with Gasteiger partial charge in [-0.25, -0.2) is 18.4 Å². The Morgan fingerprint density at radius 1 is 1.29 bits per heavy atom. The summed E-state index contributed by atoms with van der Waals surface area (Å²) in [5.41, 5.74) is -0.0305. The summed E-state index contributed by atoms with van der Waals surface area (Å²) in [6.07, 6.45) is 3.60. The number of hydrogen-bond donors (Lipinski definition) is 1. The average Bonchev–Trinajstić information content (AvgIpc) is 2.74. The molecule has 0 saturated carbocycles. The van der Waals surface area contributed by atoms with Crippen molar-refractivity contribution in [1.29, 1.82) is 0 Å². The second-order valence-corrected chi connectivity index (χ2v) is 7.85. The van der Waals surface area contributed by atoms with E-state index in [0.29, 0.717) is 5.57 Å². The van der Waals surface area contributed by atoms with Gasteiger partial charge in [0.1, 0.15) is 24.0 Å². The fourth-order valence-corrected chi connectivity index (χ4v) is 4.17. The lowest BCUT2D eigenvalue weighted by Gasteiger charge is -2.53. The number of esters is 1. The van der Waals surface area contributed by atoms with Gasteiger partial charge in [-0.15, -0.1) is 0 Å². The first-order valence-electron chi connectivity index (χ1n) is 9.89. The molecule has 7 nitrogen and oxygen atoms in total. The van der Waals surface area contributed by atoms with Gasteiger partial charge < -0.3 is 24.4 Å². The standard InChI is InChI=1S/C22H26F2N2O5/c1-13-17-6-5-14(20(28)30-4)11-22(17,2)26(21(29)25(13)3)12-16-18(23)9-15(10-19(16)24)31-8-7-27/h5-6,9-10,13,27H,7-8,11-12H2,1-4H3/t13-,22?/m0/s1. The lowest BCUT2D eigenvalue weighted by atomic mass is 9.75. The smallest absolute Gasteiger partial charge is 0.333 e. The monoisotopic (exact) mass is 436 g/mol. The van der Waals surface area contributed by atoms with E-state index in [9.17, 15) is 18.4 Å². The summed E-state index contributed by atoms with van der Waals surface area (Å²) in [4.78, 5) is 28.2. The number of ether oxygens (including phenoxy) is 2. The summed E-state index contributed by atoms with van der Waals surface area (Å²) in [5, 5.41) is 8.83. The lowest BCUT2D eigenvalue weighted by Crippen LogP contribution is -2.64. The van der Waals surface area contributed by atoms with E-state index >= 15 is 0 Å². The van der Waals surface area contributed by atoms with Crippen LogP contribution in [0.25, 0.3) is 0 Å². The first-order valence-corrected chi connectivity index (χ1v) is 9.89. The molecule has 2 aliphatic rings. The second kappa shape index (κ2) is 8.66. The third-order valence-corrected chi connectivity index (χ3v) is 6.02. The van der Waals surface area contributed by atoms with Gasteiger partial charge in [0.15, 0.2) is 0 Å². The molecule has 1 aromatic rings. The van der Waals surface area contributed by atoms with Crippen molar-refractivity contribution in [1.82, 2.24) is 9.80 Å². The highest BCUT2D eigenvalue weighted by molar-refractivity contribution is 5.90. The average molecular weight is 436 g/mol. The number of rotatable bonds is 6. The van der Waals surface area contributed by atoms with Crippen LogP contribution in [-0.4, -0.2) is 65.9 Å². The first-order chi connectivity index (χ1) is 14.6. The minimum absolute atomic E-state index is 0.0520. The molecule has 168 valence electrons. The summed E-state index contributed by atoms with van der Waals surface area (Å²) >= 11 is 0. The minimum atomic E-state index is -0.966. The molecule has 0 radical (unpaired) electrons. The number of aliphatic hydroxyl groups is 1. The van der Waals surface area contributed by atoms with Crippen molar-refractivity contribution in [3.8, 4) is 5.75 Å². The molecular formula is C22H26F2N2O5. The molecule has 1 aliphatic carbocycles. The fraction of sp³-hybridized carbons (Fsp3) is 0.455. The van der Waals surface area contributed by atoms with Crippen molar-refractivity contribution in [3.63, 3.8) is 0 Å². The number of fused-ring (bicyclic) bond motifs is 1. The number of amides is 2.